The summed E-state index contributed by atoms with van der Waals surface area (Å²) in [7, 11) is -3.50. The molecular weight excluding hydrogens is 288 g/mol. The van der Waals surface area contributed by atoms with E-state index in [0.29, 0.717) is 5.69 Å². The number of aryl methyl sites for hydroxylation is 1. The number of sulfonamides is 1. The molecular formula is C15H22N2O3S. The van der Waals surface area contributed by atoms with Crippen LogP contribution in [-0.2, 0) is 14.8 Å². The molecule has 0 spiro atoms. The van der Waals surface area contributed by atoms with Crippen molar-refractivity contribution in [3.63, 3.8) is 0 Å². The van der Waals surface area contributed by atoms with Crippen LogP contribution in [0.4, 0.5) is 5.69 Å². The average molecular weight is 310 g/mol. The smallest absolute Gasteiger partial charge is 0.240 e. The summed E-state index contributed by atoms with van der Waals surface area (Å²) < 4.78 is 25.2. The van der Waals surface area contributed by atoms with Gasteiger partial charge in [-0.3, -0.25) is 9.10 Å². The zero-order valence-electron chi connectivity index (χ0n) is 12.5. The molecule has 0 aromatic heterocycles. The molecule has 1 aromatic rings. The van der Waals surface area contributed by atoms with Crippen LogP contribution in [0, 0.1) is 6.92 Å². The molecule has 21 heavy (non-hydrogen) atoms. The highest BCUT2D eigenvalue weighted by molar-refractivity contribution is 7.92. The molecule has 1 saturated carbocycles. The minimum absolute atomic E-state index is 0.166. The van der Waals surface area contributed by atoms with Crippen LogP contribution < -0.4 is 9.62 Å². The largest absolute Gasteiger partial charge is 0.352 e. The van der Waals surface area contributed by atoms with Crippen molar-refractivity contribution in [2.75, 3.05) is 17.1 Å². The van der Waals surface area contributed by atoms with Gasteiger partial charge in [0.05, 0.1) is 11.9 Å². The summed E-state index contributed by atoms with van der Waals surface area (Å²) in [6.45, 7) is 1.67. The van der Waals surface area contributed by atoms with Crippen LogP contribution in [0.15, 0.2) is 24.3 Å². The summed E-state index contributed by atoms with van der Waals surface area (Å²) in [5.74, 6) is -0.240. The van der Waals surface area contributed by atoms with Crippen molar-refractivity contribution in [2.45, 2.75) is 38.6 Å². The third-order valence-corrected chi connectivity index (χ3v) is 4.92. The SMILES string of the molecule is Cc1ccccc1N(CC(=O)NC1CCCC1)S(C)(=O)=O. The van der Waals surface area contributed by atoms with Crippen molar-refractivity contribution in [3.05, 3.63) is 29.8 Å². The number of benzene rings is 1. The molecule has 1 amide bonds. The van der Waals surface area contributed by atoms with Crippen molar-refractivity contribution in [1.82, 2.24) is 5.32 Å². The zero-order valence-corrected chi connectivity index (χ0v) is 13.3. The first-order valence-corrected chi connectivity index (χ1v) is 9.05. The van der Waals surface area contributed by atoms with E-state index < -0.39 is 10.0 Å². The fourth-order valence-corrected chi connectivity index (χ4v) is 3.61. The maximum Gasteiger partial charge on any atom is 0.240 e. The lowest BCUT2D eigenvalue weighted by Gasteiger charge is -2.24. The Hall–Kier alpha value is -1.56. The highest BCUT2D eigenvalue weighted by Crippen LogP contribution is 2.22. The Morgan fingerprint density at radius 2 is 1.90 bits per heavy atom. The van der Waals surface area contributed by atoms with E-state index in [4.69, 9.17) is 0 Å². The highest BCUT2D eigenvalue weighted by atomic mass is 32.2. The summed E-state index contributed by atoms with van der Waals surface area (Å²) in [5.41, 5.74) is 1.39. The fourth-order valence-electron chi connectivity index (χ4n) is 2.70. The molecule has 0 bridgehead atoms. The molecule has 0 saturated heterocycles. The van der Waals surface area contributed by atoms with Crippen molar-refractivity contribution in [2.24, 2.45) is 0 Å². The first kappa shape index (κ1) is 15.8. The zero-order chi connectivity index (χ0) is 15.5. The average Bonchev–Trinajstić information content (AvgIpc) is 2.88. The minimum atomic E-state index is -3.50. The summed E-state index contributed by atoms with van der Waals surface area (Å²) in [5, 5.41) is 2.93. The number of hydrogen-bond donors (Lipinski definition) is 1. The maximum atomic E-state index is 12.1. The standard InChI is InChI=1S/C15H22N2O3S/c1-12-7-3-6-10-14(12)17(21(2,19)20)11-15(18)16-13-8-4-5-9-13/h3,6-7,10,13H,4-5,8-9,11H2,1-2H3,(H,16,18). The number of para-hydroxylation sites is 1. The monoisotopic (exact) mass is 310 g/mol. The molecule has 6 heteroatoms. The van der Waals surface area contributed by atoms with Gasteiger partial charge in [0, 0.05) is 6.04 Å². The third kappa shape index (κ3) is 4.20. The fraction of sp³-hybridized carbons (Fsp3) is 0.533. The van der Waals surface area contributed by atoms with Gasteiger partial charge in [-0.05, 0) is 31.4 Å². The van der Waals surface area contributed by atoms with Gasteiger partial charge in [-0.2, -0.15) is 0 Å². The van der Waals surface area contributed by atoms with E-state index in [0.717, 1.165) is 37.5 Å². The molecule has 0 aliphatic heterocycles. The van der Waals surface area contributed by atoms with Crippen LogP contribution in [0.5, 0.6) is 0 Å². The van der Waals surface area contributed by atoms with Crippen LogP contribution in [0.2, 0.25) is 0 Å². The minimum Gasteiger partial charge on any atom is -0.352 e. The predicted octanol–water partition coefficient (Wildman–Crippen LogP) is 1.82. The molecule has 0 heterocycles. The summed E-state index contributed by atoms with van der Waals surface area (Å²) >= 11 is 0. The van der Waals surface area contributed by atoms with E-state index in [1.807, 2.05) is 19.1 Å². The Bertz CT molecular complexity index is 607. The van der Waals surface area contributed by atoms with Gasteiger partial charge in [0.1, 0.15) is 6.54 Å². The van der Waals surface area contributed by atoms with Crippen LogP contribution >= 0.6 is 0 Å². The first-order chi connectivity index (χ1) is 9.88. The number of nitrogens with zero attached hydrogens (tertiary/aromatic N) is 1. The van der Waals surface area contributed by atoms with Gasteiger partial charge in [-0.1, -0.05) is 31.0 Å². The molecule has 1 aliphatic rings. The number of amides is 1. The predicted molar refractivity (Wildman–Crippen MR) is 83.8 cm³/mol. The first-order valence-electron chi connectivity index (χ1n) is 7.20. The Morgan fingerprint density at radius 3 is 2.48 bits per heavy atom. The molecule has 116 valence electrons. The molecule has 2 rings (SSSR count). The number of hydrogen-bond acceptors (Lipinski definition) is 3. The van der Waals surface area contributed by atoms with E-state index in [1.54, 1.807) is 12.1 Å². The second-order valence-electron chi connectivity index (χ2n) is 5.61. The second kappa shape index (κ2) is 6.47. The highest BCUT2D eigenvalue weighted by Gasteiger charge is 2.24. The molecule has 1 aromatic carbocycles. The van der Waals surface area contributed by atoms with Gasteiger partial charge in [0.15, 0.2) is 0 Å². The summed E-state index contributed by atoms with van der Waals surface area (Å²) in [6.07, 6.45) is 5.34. The molecule has 5 nitrogen and oxygen atoms in total. The Labute approximate surface area is 126 Å². The van der Waals surface area contributed by atoms with E-state index in [1.165, 1.54) is 4.31 Å². The number of nitrogens with one attached hydrogen (secondary N) is 1. The Kier molecular flexibility index (Phi) is 4.88. The maximum absolute atomic E-state index is 12.1. The van der Waals surface area contributed by atoms with Crippen molar-refractivity contribution in [3.8, 4) is 0 Å². The number of carbonyl (C=O) groups excluding carboxylic acids is 1. The van der Waals surface area contributed by atoms with Crippen molar-refractivity contribution >= 4 is 21.6 Å². The number of anilines is 1. The number of carbonyl (C=O) groups is 1. The van der Waals surface area contributed by atoms with Crippen LogP contribution in [0.25, 0.3) is 0 Å². The van der Waals surface area contributed by atoms with E-state index in [2.05, 4.69) is 5.32 Å². The van der Waals surface area contributed by atoms with E-state index in [9.17, 15) is 13.2 Å². The Balaban J connectivity index is 2.14. The quantitative estimate of drug-likeness (QED) is 0.902. The second-order valence-corrected chi connectivity index (χ2v) is 7.51. The molecule has 0 unspecified atom stereocenters. The lowest BCUT2D eigenvalue weighted by molar-refractivity contribution is -0.120. The Morgan fingerprint density at radius 1 is 1.29 bits per heavy atom. The van der Waals surface area contributed by atoms with Gasteiger partial charge in [0.25, 0.3) is 0 Å². The van der Waals surface area contributed by atoms with Crippen LogP contribution in [0.1, 0.15) is 31.2 Å². The van der Waals surface area contributed by atoms with Gasteiger partial charge in [-0.25, -0.2) is 8.42 Å². The number of rotatable bonds is 5. The molecule has 0 radical (unpaired) electrons. The lowest BCUT2D eigenvalue weighted by atomic mass is 10.2. The van der Waals surface area contributed by atoms with Gasteiger partial charge < -0.3 is 5.32 Å². The summed E-state index contributed by atoms with van der Waals surface area (Å²) in [4.78, 5) is 12.1. The van der Waals surface area contributed by atoms with Gasteiger partial charge in [0.2, 0.25) is 15.9 Å². The van der Waals surface area contributed by atoms with Crippen LogP contribution in [0.3, 0.4) is 0 Å². The molecule has 0 atom stereocenters. The normalized spacial score (nSPS) is 15.9. The topological polar surface area (TPSA) is 66.5 Å². The summed E-state index contributed by atoms with van der Waals surface area (Å²) in [6, 6.07) is 7.37. The molecule has 1 N–H and O–H groups in total. The third-order valence-electron chi connectivity index (χ3n) is 3.79. The van der Waals surface area contributed by atoms with Gasteiger partial charge >= 0.3 is 0 Å². The van der Waals surface area contributed by atoms with Gasteiger partial charge in [-0.15, -0.1) is 0 Å². The lowest BCUT2D eigenvalue weighted by Crippen LogP contribution is -2.43. The van der Waals surface area contributed by atoms with Crippen molar-refractivity contribution in [1.29, 1.82) is 0 Å². The van der Waals surface area contributed by atoms with Crippen molar-refractivity contribution < 1.29 is 13.2 Å². The van der Waals surface area contributed by atoms with Crippen LogP contribution in [-0.4, -0.2) is 33.2 Å². The van der Waals surface area contributed by atoms with E-state index in [-0.39, 0.29) is 18.5 Å². The molecule has 1 aliphatic carbocycles. The van der Waals surface area contributed by atoms with E-state index >= 15 is 0 Å². The molecule has 1 fully saturated rings.